The van der Waals surface area contributed by atoms with Crippen LogP contribution in [0.5, 0.6) is 0 Å². The Kier molecular flexibility index (Phi) is 5.22. The van der Waals surface area contributed by atoms with Gasteiger partial charge in [-0.1, -0.05) is 45.8 Å². The molecular formula is C22H16BrFN4O. The van der Waals surface area contributed by atoms with E-state index in [1.807, 2.05) is 55.5 Å². The van der Waals surface area contributed by atoms with Crippen LogP contribution in [0, 0.1) is 12.7 Å². The van der Waals surface area contributed by atoms with Crippen molar-refractivity contribution in [2.24, 2.45) is 0 Å². The smallest absolute Gasteiger partial charge is 0.295 e. The van der Waals surface area contributed by atoms with Crippen molar-refractivity contribution in [2.75, 3.05) is 5.32 Å². The summed E-state index contributed by atoms with van der Waals surface area (Å²) in [5.74, 6) is -0.411. The average molecular weight is 451 g/mol. The van der Waals surface area contributed by atoms with Gasteiger partial charge < -0.3 is 5.32 Å². The highest BCUT2D eigenvalue weighted by molar-refractivity contribution is 9.10. The van der Waals surface area contributed by atoms with Crippen molar-refractivity contribution in [3.63, 3.8) is 0 Å². The lowest BCUT2D eigenvalue weighted by Crippen LogP contribution is -2.14. The summed E-state index contributed by atoms with van der Waals surface area (Å²) >= 11 is 3.42. The molecule has 3 aromatic carbocycles. The summed E-state index contributed by atoms with van der Waals surface area (Å²) in [5.41, 5.74) is 3.01. The van der Waals surface area contributed by atoms with Crippen LogP contribution in [0.25, 0.3) is 17.1 Å². The predicted octanol–water partition coefficient (Wildman–Crippen LogP) is 5.40. The predicted molar refractivity (Wildman–Crippen MR) is 114 cm³/mol. The first-order valence-electron chi connectivity index (χ1n) is 8.86. The van der Waals surface area contributed by atoms with E-state index < -0.39 is 11.7 Å². The molecule has 1 aromatic heterocycles. The number of anilines is 1. The van der Waals surface area contributed by atoms with Crippen molar-refractivity contribution in [3.8, 4) is 17.1 Å². The highest BCUT2D eigenvalue weighted by Gasteiger charge is 2.19. The minimum Gasteiger partial charge on any atom is -0.319 e. The molecule has 0 aliphatic carbocycles. The number of carbonyl (C=O) groups is 1. The molecule has 0 bridgehead atoms. The number of nitrogens with zero attached hydrogens (tertiary/aromatic N) is 3. The second-order valence-electron chi connectivity index (χ2n) is 6.48. The van der Waals surface area contributed by atoms with E-state index in [-0.39, 0.29) is 5.82 Å². The minimum absolute atomic E-state index is 0.00585. The summed E-state index contributed by atoms with van der Waals surface area (Å²) in [6.45, 7) is 1.99. The van der Waals surface area contributed by atoms with Gasteiger partial charge in [-0.15, -0.1) is 5.10 Å². The van der Waals surface area contributed by atoms with Crippen LogP contribution in [-0.2, 0) is 0 Å². The molecule has 0 atom stereocenters. The standard InChI is InChI=1S/C22H16BrFN4O/c1-14-4-2-5-15(12-14)21-26-20(22(29)25-18-7-3-6-17(24)13-18)27-28(21)19-10-8-16(23)9-11-19/h2-13H,1H3,(H,25,29). The fourth-order valence-electron chi connectivity index (χ4n) is 2.89. The molecule has 4 aromatic rings. The molecular weight excluding hydrogens is 435 g/mol. The number of hydrogen-bond acceptors (Lipinski definition) is 3. The zero-order chi connectivity index (χ0) is 20.4. The Morgan fingerprint density at radius 2 is 1.79 bits per heavy atom. The van der Waals surface area contributed by atoms with E-state index in [1.165, 1.54) is 18.2 Å². The van der Waals surface area contributed by atoms with Crippen LogP contribution < -0.4 is 5.32 Å². The van der Waals surface area contributed by atoms with E-state index in [0.29, 0.717) is 11.5 Å². The molecule has 0 fully saturated rings. The first kappa shape index (κ1) is 19.0. The molecule has 1 heterocycles. The van der Waals surface area contributed by atoms with Gasteiger partial charge in [-0.25, -0.2) is 14.1 Å². The maximum Gasteiger partial charge on any atom is 0.295 e. The van der Waals surface area contributed by atoms with Gasteiger partial charge in [0.15, 0.2) is 5.82 Å². The van der Waals surface area contributed by atoms with Crippen molar-refractivity contribution >= 4 is 27.5 Å². The molecule has 0 radical (unpaired) electrons. The third-order valence-corrected chi connectivity index (χ3v) is 4.77. The third kappa shape index (κ3) is 4.25. The number of benzene rings is 3. The molecule has 0 aliphatic rings. The van der Waals surface area contributed by atoms with E-state index in [1.54, 1.807) is 10.7 Å². The minimum atomic E-state index is -0.514. The molecule has 0 saturated heterocycles. The summed E-state index contributed by atoms with van der Waals surface area (Å²) in [4.78, 5) is 17.2. The van der Waals surface area contributed by atoms with Gasteiger partial charge >= 0.3 is 0 Å². The van der Waals surface area contributed by atoms with Crippen LogP contribution in [0.2, 0.25) is 0 Å². The molecule has 29 heavy (non-hydrogen) atoms. The Bertz CT molecular complexity index is 1190. The number of carbonyl (C=O) groups excluding carboxylic acids is 1. The van der Waals surface area contributed by atoms with Gasteiger partial charge in [-0.3, -0.25) is 4.79 Å². The zero-order valence-electron chi connectivity index (χ0n) is 15.4. The Morgan fingerprint density at radius 3 is 2.52 bits per heavy atom. The van der Waals surface area contributed by atoms with Crippen LogP contribution in [0.1, 0.15) is 16.2 Å². The van der Waals surface area contributed by atoms with Crippen LogP contribution in [0.3, 0.4) is 0 Å². The lowest BCUT2D eigenvalue weighted by Gasteiger charge is -2.06. The number of halogens is 2. The van der Waals surface area contributed by atoms with Crippen LogP contribution >= 0.6 is 15.9 Å². The first-order valence-corrected chi connectivity index (χ1v) is 9.66. The molecule has 0 saturated carbocycles. The van der Waals surface area contributed by atoms with Crippen LogP contribution in [-0.4, -0.2) is 20.7 Å². The second kappa shape index (κ2) is 7.97. The van der Waals surface area contributed by atoms with E-state index >= 15 is 0 Å². The van der Waals surface area contributed by atoms with E-state index in [2.05, 4.69) is 31.3 Å². The largest absolute Gasteiger partial charge is 0.319 e. The maximum absolute atomic E-state index is 13.4. The molecule has 1 N–H and O–H groups in total. The van der Waals surface area contributed by atoms with Crippen molar-refractivity contribution in [3.05, 3.63) is 94.5 Å². The van der Waals surface area contributed by atoms with Gasteiger partial charge in [0.2, 0.25) is 5.82 Å². The van der Waals surface area contributed by atoms with E-state index in [0.717, 1.165) is 21.3 Å². The van der Waals surface area contributed by atoms with Crippen molar-refractivity contribution < 1.29 is 9.18 Å². The summed E-state index contributed by atoms with van der Waals surface area (Å²) in [6.07, 6.45) is 0. The lowest BCUT2D eigenvalue weighted by molar-refractivity contribution is 0.101. The SMILES string of the molecule is Cc1cccc(-c2nc(C(=O)Nc3cccc(F)c3)nn2-c2ccc(Br)cc2)c1. The molecule has 5 nitrogen and oxygen atoms in total. The summed E-state index contributed by atoms with van der Waals surface area (Å²) < 4.78 is 16.0. The van der Waals surface area contributed by atoms with Gasteiger partial charge in [-0.05, 0) is 55.5 Å². The molecule has 4 rings (SSSR count). The fourth-order valence-corrected chi connectivity index (χ4v) is 3.16. The normalized spacial score (nSPS) is 10.7. The fraction of sp³-hybridized carbons (Fsp3) is 0.0455. The number of aryl methyl sites for hydroxylation is 1. The highest BCUT2D eigenvalue weighted by Crippen LogP contribution is 2.23. The Balaban J connectivity index is 1.76. The number of rotatable bonds is 4. The molecule has 1 amide bonds. The van der Waals surface area contributed by atoms with Crippen molar-refractivity contribution in [1.82, 2.24) is 14.8 Å². The Hall–Kier alpha value is -3.32. The average Bonchev–Trinajstić information content (AvgIpc) is 3.14. The Morgan fingerprint density at radius 1 is 1.03 bits per heavy atom. The molecule has 7 heteroatoms. The molecule has 144 valence electrons. The van der Waals surface area contributed by atoms with Gasteiger partial charge in [0.1, 0.15) is 5.82 Å². The molecule has 0 aliphatic heterocycles. The summed E-state index contributed by atoms with van der Waals surface area (Å²) in [6, 6.07) is 21.0. The van der Waals surface area contributed by atoms with Gasteiger partial charge in [0.05, 0.1) is 5.69 Å². The van der Waals surface area contributed by atoms with E-state index in [4.69, 9.17) is 0 Å². The first-order chi connectivity index (χ1) is 14.0. The third-order valence-electron chi connectivity index (χ3n) is 4.24. The van der Waals surface area contributed by atoms with Crippen molar-refractivity contribution in [2.45, 2.75) is 6.92 Å². The monoisotopic (exact) mass is 450 g/mol. The van der Waals surface area contributed by atoms with Gasteiger partial charge in [-0.2, -0.15) is 0 Å². The highest BCUT2D eigenvalue weighted by atomic mass is 79.9. The molecule has 0 unspecified atom stereocenters. The number of amides is 1. The lowest BCUT2D eigenvalue weighted by atomic mass is 10.1. The number of nitrogens with one attached hydrogen (secondary N) is 1. The topological polar surface area (TPSA) is 59.8 Å². The van der Waals surface area contributed by atoms with Gasteiger partial charge in [0, 0.05) is 15.7 Å². The number of aromatic nitrogens is 3. The molecule has 0 spiro atoms. The van der Waals surface area contributed by atoms with Crippen molar-refractivity contribution in [1.29, 1.82) is 0 Å². The maximum atomic E-state index is 13.4. The van der Waals surface area contributed by atoms with Crippen LogP contribution in [0.4, 0.5) is 10.1 Å². The van der Waals surface area contributed by atoms with E-state index in [9.17, 15) is 9.18 Å². The van der Waals surface area contributed by atoms with Crippen LogP contribution in [0.15, 0.2) is 77.3 Å². The van der Waals surface area contributed by atoms with Gasteiger partial charge in [0.25, 0.3) is 5.91 Å². The summed E-state index contributed by atoms with van der Waals surface area (Å²) in [5, 5.41) is 7.06. The Labute approximate surface area is 175 Å². The number of hydrogen-bond donors (Lipinski definition) is 1. The summed E-state index contributed by atoms with van der Waals surface area (Å²) in [7, 11) is 0. The quantitative estimate of drug-likeness (QED) is 0.452. The second-order valence-corrected chi connectivity index (χ2v) is 7.40. The zero-order valence-corrected chi connectivity index (χ0v) is 17.0.